The first-order valence-electron chi connectivity index (χ1n) is 8.41. The van der Waals surface area contributed by atoms with Crippen LogP contribution in [0.25, 0.3) is 0 Å². The van der Waals surface area contributed by atoms with Crippen molar-refractivity contribution in [2.75, 3.05) is 20.1 Å². The van der Waals surface area contributed by atoms with Crippen molar-refractivity contribution in [3.63, 3.8) is 0 Å². The first kappa shape index (κ1) is 16.7. The normalized spacial score (nSPS) is 18.2. The number of hydrogen-bond acceptors (Lipinski definition) is 5. The Bertz CT molecular complexity index is 679. The van der Waals surface area contributed by atoms with E-state index in [2.05, 4.69) is 15.0 Å². The third kappa shape index (κ3) is 3.84. The lowest BCUT2D eigenvalue weighted by atomic mass is 10.2. The molecular weight excluding hydrogens is 306 g/mol. The number of carbonyl (C=O) groups is 1. The molecule has 24 heavy (non-hydrogen) atoms. The SMILES string of the molecule is Cc1nc(C)n(C[C@H]2CCCN2CC(=O)N(C)Cc2ccco2)n1. The third-order valence-electron chi connectivity index (χ3n) is 4.58. The Hall–Kier alpha value is -2.15. The van der Waals surface area contributed by atoms with Crippen LogP contribution in [0.4, 0.5) is 0 Å². The number of furan rings is 1. The highest BCUT2D eigenvalue weighted by Gasteiger charge is 2.28. The van der Waals surface area contributed by atoms with Gasteiger partial charge in [-0.25, -0.2) is 9.67 Å². The molecule has 1 aliphatic heterocycles. The third-order valence-corrected chi connectivity index (χ3v) is 4.58. The molecule has 3 heterocycles. The minimum Gasteiger partial charge on any atom is -0.467 e. The van der Waals surface area contributed by atoms with Crippen LogP contribution in [-0.4, -0.2) is 56.7 Å². The van der Waals surface area contributed by atoms with E-state index in [1.165, 1.54) is 0 Å². The smallest absolute Gasteiger partial charge is 0.236 e. The Morgan fingerprint density at radius 3 is 2.96 bits per heavy atom. The van der Waals surface area contributed by atoms with E-state index < -0.39 is 0 Å². The summed E-state index contributed by atoms with van der Waals surface area (Å²) in [7, 11) is 1.82. The minimum atomic E-state index is 0.116. The largest absolute Gasteiger partial charge is 0.467 e. The number of likely N-dealkylation sites (tertiary alicyclic amines) is 1. The molecule has 3 rings (SSSR count). The molecule has 2 aromatic heterocycles. The van der Waals surface area contributed by atoms with Gasteiger partial charge in [0.1, 0.15) is 17.4 Å². The fraction of sp³-hybridized carbons (Fsp3) is 0.588. The Morgan fingerprint density at radius 1 is 1.46 bits per heavy atom. The van der Waals surface area contributed by atoms with Crippen LogP contribution in [0.5, 0.6) is 0 Å². The van der Waals surface area contributed by atoms with Gasteiger partial charge in [0.2, 0.25) is 5.91 Å². The molecule has 130 valence electrons. The van der Waals surface area contributed by atoms with E-state index in [0.717, 1.165) is 43.3 Å². The van der Waals surface area contributed by atoms with Gasteiger partial charge < -0.3 is 9.32 Å². The van der Waals surface area contributed by atoms with Gasteiger partial charge in [-0.2, -0.15) is 5.10 Å². The average molecular weight is 331 g/mol. The summed E-state index contributed by atoms with van der Waals surface area (Å²) in [5, 5.41) is 4.44. The van der Waals surface area contributed by atoms with E-state index in [-0.39, 0.29) is 5.91 Å². The predicted octanol–water partition coefficient (Wildman–Crippen LogP) is 1.61. The van der Waals surface area contributed by atoms with Crippen molar-refractivity contribution in [2.45, 2.75) is 45.8 Å². The van der Waals surface area contributed by atoms with Crippen LogP contribution in [-0.2, 0) is 17.9 Å². The summed E-state index contributed by atoms with van der Waals surface area (Å²) in [4.78, 5) is 20.8. The fourth-order valence-corrected chi connectivity index (χ4v) is 3.26. The Kier molecular flexibility index (Phi) is 4.99. The molecule has 0 unspecified atom stereocenters. The zero-order valence-corrected chi connectivity index (χ0v) is 14.6. The van der Waals surface area contributed by atoms with Gasteiger partial charge >= 0.3 is 0 Å². The van der Waals surface area contributed by atoms with E-state index in [4.69, 9.17) is 4.42 Å². The lowest BCUT2D eigenvalue weighted by Crippen LogP contribution is -2.42. The van der Waals surface area contributed by atoms with Gasteiger partial charge in [-0.3, -0.25) is 9.69 Å². The molecular formula is C17H25N5O2. The highest BCUT2D eigenvalue weighted by molar-refractivity contribution is 5.78. The summed E-state index contributed by atoms with van der Waals surface area (Å²) in [5.41, 5.74) is 0. The summed E-state index contributed by atoms with van der Waals surface area (Å²) in [5.74, 6) is 2.65. The van der Waals surface area contributed by atoms with Crippen molar-refractivity contribution in [1.29, 1.82) is 0 Å². The van der Waals surface area contributed by atoms with E-state index >= 15 is 0 Å². The zero-order valence-electron chi connectivity index (χ0n) is 14.6. The van der Waals surface area contributed by atoms with Crippen LogP contribution in [0, 0.1) is 13.8 Å². The monoisotopic (exact) mass is 331 g/mol. The van der Waals surface area contributed by atoms with Crippen molar-refractivity contribution in [3.05, 3.63) is 35.8 Å². The number of amides is 1. The summed E-state index contributed by atoms with van der Waals surface area (Å²) in [6.45, 7) is 6.57. The number of nitrogens with zero attached hydrogens (tertiary/aromatic N) is 5. The number of aromatic nitrogens is 3. The van der Waals surface area contributed by atoms with Crippen LogP contribution >= 0.6 is 0 Å². The van der Waals surface area contributed by atoms with Gasteiger partial charge in [0.15, 0.2) is 0 Å². The van der Waals surface area contributed by atoms with Crippen LogP contribution in [0.2, 0.25) is 0 Å². The van der Waals surface area contributed by atoms with E-state index in [1.807, 2.05) is 37.7 Å². The fourth-order valence-electron chi connectivity index (χ4n) is 3.26. The molecule has 1 aliphatic rings. The first-order valence-corrected chi connectivity index (χ1v) is 8.41. The average Bonchev–Trinajstić information content (AvgIpc) is 3.24. The summed E-state index contributed by atoms with van der Waals surface area (Å²) in [6, 6.07) is 4.07. The van der Waals surface area contributed by atoms with Gasteiger partial charge in [0.05, 0.1) is 25.9 Å². The molecule has 0 spiro atoms. The van der Waals surface area contributed by atoms with Crippen molar-refractivity contribution in [1.82, 2.24) is 24.6 Å². The summed E-state index contributed by atoms with van der Waals surface area (Å²) < 4.78 is 7.27. The van der Waals surface area contributed by atoms with Crippen molar-refractivity contribution in [2.24, 2.45) is 0 Å². The molecule has 7 heteroatoms. The second kappa shape index (κ2) is 7.17. The quantitative estimate of drug-likeness (QED) is 0.804. The number of likely N-dealkylation sites (N-methyl/N-ethyl adjacent to an activating group) is 1. The van der Waals surface area contributed by atoms with Gasteiger partial charge in [-0.05, 0) is 45.4 Å². The van der Waals surface area contributed by atoms with E-state index in [9.17, 15) is 4.79 Å². The number of aryl methyl sites for hydroxylation is 2. The van der Waals surface area contributed by atoms with Crippen LogP contribution in [0.3, 0.4) is 0 Å². The number of rotatable bonds is 6. The van der Waals surface area contributed by atoms with Crippen molar-refractivity contribution in [3.8, 4) is 0 Å². The molecule has 0 bridgehead atoms. The molecule has 0 aromatic carbocycles. The molecule has 1 atom stereocenters. The predicted molar refractivity (Wildman–Crippen MR) is 89.3 cm³/mol. The molecule has 0 N–H and O–H groups in total. The maximum atomic E-state index is 12.5. The molecule has 1 amide bonds. The molecule has 1 saturated heterocycles. The maximum Gasteiger partial charge on any atom is 0.236 e. The van der Waals surface area contributed by atoms with Gasteiger partial charge in [-0.1, -0.05) is 0 Å². The van der Waals surface area contributed by atoms with Crippen molar-refractivity contribution < 1.29 is 9.21 Å². The summed E-state index contributed by atoms with van der Waals surface area (Å²) in [6.07, 6.45) is 3.84. The van der Waals surface area contributed by atoms with Gasteiger partial charge in [-0.15, -0.1) is 0 Å². The van der Waals surface area contributed by atoms with E-state index in [1.54, 1.807) is 11.2 Å². The molecule has 7 nitrogen and oxygen atoms in total. The topological polar surface area (TPSA) is 67.4 Å². The standard InChI is InChI=1S/C17H25N5O2/c1-13-18-14(2)22(19-13)10-15-6-4-8-21(15)12-17(23)20(3)11-16-7-5-9-24-16/h5,7,9,15H,4,6,8,10-12H2,1-3H3/t15-/m1/s1. The van der Waals surface area contributed by atoms with E-state index in [0.29, 0.717) is 19.1 Å². The molecule has 1 fully saturated rings. The Labute approximate surface area is 142 Å². The lowest BCUT2D eigenvalue weighted by molar-refractivity contribution is -0.132. The summed E-state index contributed by atoms with van der Waals surface area (Å²) >= 11 is 0. The van der Waals surface area contributed by atoms with Gasteiger partial charge in [0, 0.05) is 13.1 Å². The highest BCUT2D eigenvalue weighted by Crippen LogP contribution is 2.19. The van der Waals surface area contributed by atoms with Crippen LogP contribution in [0.15, 0.2) is 22.8 Å². The molecule has 0 aliphatic carbocycles. The lowest BCUT2D eigenvalue weighted by Gasteiger charge is -2.26. The highest BCUT2D eigenvalue weighted by atomic mass is 16.3. The maximum absolute atomic E-state index is 12.5. The van der Waals surface area contributed by atoms with Crippen LogP contribution in [0.1, 0.15) is 30.3 Å². The molecule has 0 radical (unpaired) electrons. The molecule has 2 aromatic rings. The Morgan fingerprint density at radius 2 is 2.29 bits per heavy atom. The molecule has 0 saturated carbocycles. The number of hydrogen-bond donors (Lipinski definition) is 0. The number of carbonyl (C=O) groups excluding carboxylic acids is 1. The second-order valence-corrected chi connectivity index (χ2v) is 6.48. The second-order valence-electron chi connectivity index (χ2n) is 6.48. The first-order chi connectivity index (χ1) is 11.5. The Balaban J connectivity index is 1.57. The minimum absolute atomic E-state index is 0.116. The van der Waals surface area contributed by atoms with Gasteiger partial charge in [0.25, 0.3) is 0 Å². The van der Waals surface area contributed by atoms with Crippen LogP contribution < -0.4 is 0 Å². The van der Waals surface area contributed by atoms with Crippen molar-refractivity contribution >= 4 is 5.91 Å². The zero-order chi connectivity index (χ0) is 17.1.